The van der Waals surface area contributed by atoms with Gasteiger partial charge in [-0.05, 0) is 13.0 Å². The van der Waals surface area contributed by atoms with Gasteiger partial charge in [0.05, 0.1) is 10.7 Å². The summed E-state index contributed by atoms with van der Waals surface area (Å²) in [5.74, 6) is 0. The van der Waals surface area contributed by atoms with E-state index >= 15 is 0 Å². The molecule has 1 aliphatic heterocycles. The van der Waals surface area contributed by atoms with Gasteiger partial charge in [0.1, 0.15) is 0 Å². The first kappa shape index (κ1) is 12.1. The largest absolute Gasteiger partial charge is 0.298 e. The van der Waals surface area contributed by atoms with E-state index in [4.69, 9.17) is 4.98 Å². The maximum Gasteiger partial charge on any atom is 0.0985 e. The van der Waals surface area contributed by atoms with Gasteiger partial charge in [-0.3, -0.25) is 4.90 Å². The Balaban J connectivity index is 2.17. The maximum atomic E-state index is 4.81. The maximum absolute atomic E-state index is 4.81. The fraction of sp³-hybridized carbons (Fsp3) is 0.769. The minimum atomic E-state index is 0.206. The standard InChI is InChI=1S/C13H22N2S/c1-5-7-15-8-6-10-11(9-15)16-12(14-10)13(2,3)4/h5-9H2,1-4H3. The highest BCUT2D eigenvalue weighted by molar-refractivity contribution is 7.11. The molecule has 0 radical (unpaired) electrons. The molecule has 1 aromatic rings. The van der Waals surface area contributed by atoms with Crippen molar-refractivity contribution in [2.75, 3.05) is 13.1 Å². The number of hydrogen-bond acceptors (Lipinski definition) is 3. The van der Waals surface area contributed by atoms with E-state index < -0.39 is 0 Å². The second kappa shape index (κ2) is 4.46. The number of rotatable bonds is 2. The molecule has 0 N–H and O–H groups in total. The first-order chi connectivity index (χ1) is 7.50. The molecule has 2 nitrogen and oxygen atoms in total. The molecule has 90 valence electrons. The zero-order chi connectivity index (χ0) is 11.8. The van der Waals surface area contributed by atoms with E-state index in [-0.39, 0.29) is 5.41 Å². The third-order valence-corrected chi connectivity index (χ3v) is 4.50. The van der Waals surface area contributed by atoms with Crippen LogP contribution in [0.1, 0.15) is 49.7 Å². The van der Waals surface area contributed by atoms with Crippen LogP contribution in [-0.2, 0) is 18.4 Å². The van der Waals surface area contributed by atoms with Crippen molar-refractivity contribution in [3.05, 3.63) is 15.6 Å². The van der Waals surface area contributed by atoms with Gasteiger partial charge in [-0.2, -0.15) is 0 Å². The van der Waals surface area contributed by atoms with Crippen molar-refractivity contribution in [1.29, 1.82) is 0 Å². The Morgan fingerprint density at radius 3 is 2.75 bits per heavy atom. The van der Waals surface area contributed by atoms with Crippen molar-refractivity contribution in [3.8, 4) is 0 Å². The summed E-state index contributed by atoms with van der Waals surface area (Å²) in [4.78, 5) is 8.86. The van der Waals surface area contributed by atoms with E-state index in [1.807, 2.05) is 11.3 Å². The van der Waals surface area contributed by atoms with Crippen molar-refractivity contribution in [3.63, 3.8) is 0 Å². The van der Waals surface area contributed by atoms with Crippen molar-refractivity contribution >= 4 is 11.3 Å². The predicted octanol–water partition coefficient (Wildman–Crippen LogP) is 3.21. The Morgan fingerprint density at radius 2 is 2.12 bits per heavy atom. The third kappa shape index (κ3) is 2.46. The molecule has 0 saturated carbocycles. The van der Waals surface area contributed by atoms with E-state index in [2.05, 4.69) is 32.6 Å². The topological polar surface area (TPSA) is 16.1 Å². The van der Waals surface area contributed by atoms with Gasteiger partial charge in [0.15, 0.2) is 0 Å². The number of fused-ring (bicyclic) bond motifs is 1. The first-order valence-corrected chi connectivity index (χ1v) is 7.03. The zero-order valence-electron chi connectivity index (χ0n) is 10.8. The Labute approximate surface area is 103 Å². The minimum Gasteiger partial charge on any atom is -0.298 e. The van der Waals surface area contributed by atoms with Gasteiger partial charge in [-0.25, -0.2) is 4.98 Å². The van der Waals surface area contributed by atoms with Crippen molar-refractivity contribution < 1.29 is 0 Å². The smallest absolute Gasteiger partial charge is 0.0985 e. The summed E-state index contributed by atoms with van der Waals surface area (Å²) < 4.78 is 0. The van der Waals surface area contributed by atoms with Gasteiger partial charge in [-0.1, -0.05) is 27.7 Å². The van der Waals surface area contributed by atoms with Crippen LogP contribution in [0.15, 0.2) is 0 Å². The van der Waals surface area contributed by atoms with Crippen molar-refractivity contribution in [2.45, 2.75) is 52.5 Å². The fourth-order valence-electron chi connectivity index (χ4n) is 2.08. The lowest BCUT2D eigenvalue weighted by atomic mass is 9.98. The summed E-state index contributed by atoms with van der Waals surface area (Å²) in [6.07, 6.45) is 2.39. The molecule has 2 heterocycles. The minimum absolute atomic E-state index is 0.206. The quantitative estimate of drug-likeness (QED) is 0.786. The van der Waals surface area contributed by atoms with Crippen molar-refractivity contribution in [1.82, 2.24) is 9.88 Å². The first-order valence-electron chi connectivity index (χ1n) is 6.22. The second-order valence-electron chi connectivity index (χ2n) is 5.67. The summed E-state index contributed by atoms with van der Waals surface area (Å²) >= 11 is 1.92. The number of nitrogens with zero attached hydrogens (tertiary/aromatic N) is 2. The van der Waals surface area contributed by atoms with E-state index in [1.54, 1.807) is 0 Å². The molecular formula is C13H22N2S. The molecule has 0 unspecified atom stereocenters. The molecule has 0 bridgehead atoms. The van der Waals surface area contributed by atoms with Crippen LogP contribution in [0.3, 0.4) is 0 Å². The van der Waals surface area contributed by atoms with Gasteiger partial charge >= 0.3 is 0 Å². The average molecular weight is 238 g/mol. The van der Waals surface area contributed by atoms with Gasteiger partial charge in [0.25, 0.3) is 0 Å². The highest BCUT2D eigenvalue weighted by Crippen LogP contribution is 2.32. The Hall–Kier alpha value is -0.410. The van der Waals surface area contributed by atoms with Crippen LogP contribution in [0.25, 0.3) is 0 Å². The molecule has 0 atom stereocenters. The molecule has 1 aromatic heterocycles. The molecule has 0 amide bonds. The van der Waals surface area contributed by atoms with Gasteiger partial charge < -0.3 is 0 Å². The molecule has 1 aliphatic rings. The summed E-state index contributed by atoms with van der Waals surface area (Å²) in [5, 5.41) is 1.30. The van der Waals surface area contributed by atoms with Crippen LogP contribution >= 0.6 is 11.3 Å². The second-order valence-corrected chi connectivity index (χ2v) is 6.75. The van der Waals surface area contributed by atoms with Gasteiger partial charge in [0, 0.05) is 29.8 Å². The third-order valence-electron chi connectivity index (χ3n) is 2.99. The summed E-state index contributed by atoms with van der Waals surface area (Å²) in [5.41, 5.74) is 1.57. The summed E-state index contributed by atoms with van der Waals surface area (Å²) in [6.45, 7) is 12.5. The Kier molecular flexibility index (Phi) is 3.36. The highest BCUT2D eigenvalue weighted by Gasteiger charge is 2.24. The van der Waals surface area contributed by atoms with E-state index in [0.29, 0.717) is 0 Å². The van der Waals surface area contributed by atoms with Crippen LogP contribution in [-0.4, -0.2) is 23.0 Å². The molecule has 16 heavy (non-hydrogen) atoms. The van der Waals surface area contributed by atoms with E-state index in [1.165, 1.54) is 35.1 Å². The lowest BCUT2D eigenvalue weighted by molar-refractivity contribution is 0.256. The Bertz CT molecular complexity index is 362. The molecule has 0 saturated heterocycles. The fourth-order valence-corrected chi connectivity index (χ4v) is 3.28. The van der Waals surface area contributed by atoms with Crippen LogP contribution in [0.2, 0.25) is 0 Å². The molecule has 0 aliphatic carbocycles. The molecular weight excluding hydrogens is 216 g/mol. The van der Waals surface area contributed by atoms with Crippen LogP contribution in [0.5, 0.6) is 0 Å². The molecule has 0 spiro atoms. The lowest BCUT2D eigenvalue weighted by Gasteiger charge is -2.25. The van der Waals surface area contributed by atoms with Crippen LogP contribution < -0.4 is 0 Å². The van der Waals surface area contributed by atoms with Crippen LogP contribution in [0.4, 0.5) is 0 Å². The SMILES string of the molecule is CCCN1CCc2nc(C(C)(C)C)sc2C1. The monoisotopic (exact) mass is 238 g/mol. The lowest BCUT2D eigenvalue weighted by Crippen LogP contribution is -2.30. The van der Waals surface area contributed by atoms with Gasteiger partial charge in [-0.15, -0.1) is 11.3 Å². The number of hydrogen-bond donors (Lipinski definition) is 0. The molecule has 3 heteroatoms. The summed E-state index contributed by atoms with van der Waals surface area (Å²) in [7, 11) is 0. The van der Waals surface area contributed by atoms with Gasteiger partial charge in [0.2, 0.25) is 0 Å². The van der Waals surface area contributed by atoms with E-state index in [0.717, 1.165) is 13.0 Å². The van der Waals surface area contributed by atoms with Crippen molar-refractivity contribution in [2.24, 2.45) is 0 Å². The van der Waals surface area contributed by atoms with Crippen LogP contribution in [0, 0.1) is 0 Å². The molecule has 0 aromatic carbocycles. The Morgan fingerprint density at radius 1 is 1.38 bits per heavy atom. The average Bonchev–Trinajstić information content (AvgIpc) is 2.60. The number of aromatic nitrogens is 1. The summed E-state index contributed by atoms with van der Waals surface area (Å²) in [6, 6.07) is 0. The van der Waals surface area contributed by atoms with E-state index in [9.17, 15) is 0 Å². The molecule has 0 fully saturated rings. The highest BCUT2D eigenvalue weighted by atomic mass is 32.1. The molecule has 2 rings (SSSR count). The normalized spacial score (nSPS) is 17.5. The zero-order valence-corrected chi connectivity index (χ0v) is 11.7. The predicted molar refractivity (Wildman–Crippen MR) is 70.1 cm³/mol. The number of thiazole rings is 1.